The zero-order valence-electron chi connectivity index (χ0n) is 22.2. The lowest BCUT2D eigenvalue weighted by molar-refractivity contribution is 0.280. The summed E-state index contributed by atoms with van der Waals surface area (Å²) in [4.78, 5) is 0. The van der Waals surface area contributed by atoms with Crippen LogP contribution in [0.5, 0.6) is 5.75 Å². The van der Waals surface area contributed by atoms with Crippen LogP contribution in [-0.4, -0.2) is 6.61 Å². The molecule has 0 amide bonds. The van der Waals surface area contributed by atoms with Gasteiger partial charge in [-0.25, -0.2) is 0 Å². The SMILES string of the molecule is CCCOc1c(-c2ccccc2)ccc(C2CCC(CCC)CC2)c1C1CCC(CCC)CC1. The Morgan fingerprint density at radius 2 is 1.24 bits per heavy atom. The van der Waals surface area contributed by atoms with Crippen molar-refractivity contribution in [3.8, 4) is 16.9 Å². The molecule has 0 radical (unpaired) electrons. The number of ether oxygens (including phenoxy) is 1. The van der Waals surface area contributed by atoms with Gasteiger partial charge < -0.3 is 4.74 Å². The molecule has 0 atom stereocenters. The Bertz CT molecular complexity index is 854. The molecule has 186 valence electrons. The number of hydrogen-bond acceptors (Lipinski definition) is 1. The van der Waals surface area contributed by atoms with Gasteiger partial charge in [-0.1, -0.05) is 88.9 Å². The normalized spacial score (nSPS) is 25.3. The zero-order chi connectivity index (χ0) is 23.8. The van der Waals surface area contributed by atoms with Crippen LogP contribution in [-0.2, 0) is 0 Å². The van der Waals surface area contributed by atoms with Crippen molar-refractivity contribution in [1.82, 2.24) is 0 Å². The molecule has 0 unspecified atom stereocenters. The molecule has 2 aliphatic carbocycles. The standard InChI is InChI=1S/C33H48O/c1-4-10-25-14-18-28(19-15-25)30-22-23-31(27-12-8-7-9-13-27)33(34-24-6-3)32(30)29-20-16-26(11-5-2)17-21-29/h7-9,12-13,22-23,25-26,28-29H,4-6,10-11,14-21,24H2,1-3H3. The highest BCUT2D eigenvalue weighted by molar-refractivity contribution is 5.74. The molecule has 2 saturated carbocycles. The summed E-state index contributed by atoms with van der Waals surface area (Å²) in [6.45, 7) is 7.74. The first-order valence-corrected chi connectivity index (χ1v) is 14.6. The average Bonchev–Trinajstić information content (AvgIpc) is 2.89. The smallest absolute Gasteiger partial charge is 0.130 e. The third-order valence-electron chi connectivity index (χ3n) is 8.70. The summed E-state index contributed by atoms with van der Waals surface area (Å²) in [7, 11) is 0. The highest BCUT2D eigenvalue weighted by Gasteiger charge is 2.32. The quantitative estimate of drug-likeness (QED) is 0.342. The van der Waals surface area contributed by atoms with E-state index in [1.807, 2.05) is 0 Å². The molecule has 0 aromatic heterocycles. The molecular formula is C33H48O. The molecule has 2 aromatic rings. The van der Waals surface area contributed by atoms with Crippen molar-refractivity contribution in [2.45, 2.75) is 116 Å². The van der Waals surface area contributed by atoms with Crippen LogP contribution in [0.4, 0.5) is 0 Å². The lowest BCUT2D eigenvalue weighted by Crippen LogP contribution is -2.19. The molecule has 1 nitrogen and oxygen atoms in total. The van der Waals surface area contributed by atoms with Crippen LogP contribution in [0.2, 0.25) is 0 Å². The van der Waals surface area contributed by atoms with E-state index in [-0.39, 0.29) is 0 Å². The Balaban J connectivity index is 1.71. The molecular weight excluding hydrogens is 412 g/mol. The van der Waals surface area contributed by atoms with Crippen LogP contribution in [0.3, 0.4) is 0 Å². The van der Waals surface area contributed by atoms with Crippen molar-refractivity contribution in [2.75, 3.05) is 6.61 Å². The van der Waals surface area contributed by atoms with Crippen LogP contribution in [0.25, 0.3) is 11.1 Å². The number of hydrogen-bond donors (Lipinski definition) is 0. The van der Waals surface area contributed by atoms with Gasteiger partial charge in [0.2, 0.25) is 0 Å². The van der Waals surface area contributed by atoms with Crippen LogP contribution in [0.1, 0.15) is 127 Å². The first kappa shape index (κ1) is 25.3. The third-order valence-corrected chi connectivity index (χ3v) is 8.70. The van der Waals surface area contributed by atoms with Crippen molar-refractivity contribution in [1.29, 1.82) is 0 Å². The minimum absolute atomic E-state index is 0.659. The molecule has 0 N–H and O–H groups in total. The molecule has 0 bridgehead atoms. The second kappa shape index (κ2) is 12.8. The Morgan fingerprint density at radius 1 is 0.647 bits per heavy atom. The van der Waals surface area contributed by atoms with Crippen molar-refractivity contribution >= 4 is 0 Å². The lowest BCUT2D eigenvalue weighted by atomic mass is 9.70. The van der Waals surface area contributed by atoms with Crippen molar-refractivity contribution in [2.24, 2.45) is 11.8 Å². The zero-order valence-corrected chi connectivity index (χ0v) is 22.2. The lowest BCUT2D eigenvalue weighted by Gasteiger charge is -2.35. The minimum atomic E-state index is 0.659. The highest BCUT2D eigenvalue weighted by atomic mass is 16.5. The number of benzene rings is 2. The molecule has 0 heterocycles. The summed E-state index contributed by atoms with van der Waals surface area (Å²) in [5.74, 6) is 4.48. The van der Waals surface area contributed by atoms with E-state index < -0.39 is 0 Å². The first-order chi connectivity index (χ1) is 16.7. The molecule has 0 saturated heterocycles. The van der Waals surface area contributed by atoms with Gasteiger partial charge in [-0.2, -0.15) is 0 Å². The summed E-state index contributed by atoms with van der Waals surface area (Å²) < 4.78 is 6.69. The topological polar surface area (TPSA) is 9.23 Å². The van der Waals surface area contributed by atoms with Crippen LogP contribution >= 0.6 is 0 Å². The maximum Gasteiger partial charge on any atom is 0.130 e. The maximum absolute atomic E-state index is 6.69. The van der Waals surface area contributed by atoms with E-state index in [0.717, 1.165) is 24.9 Å². The largest absolute Gasteiger partial charge is 0.493 e. The average molecular weight is 461 g/mol. The molecule has 2 fully saturated rings. The first-order valence-electron chi connectivity index (χ1n) is 14.6. The van der Waals surface area contributed by atoms with Gasteiger partial charge in [-0.15, -0.1) is 0 Å². The van der Waals surface area contributed by atoms with E-state index in [9.17, 15) is 0 Å². The van der Waals surface area contributed by atoms with Gasteiger partial charge in [-0.3, -0.25) is 0 Å². The van der Waals surface area contributed by atoms with Gasteiger partial charge in [0.25, 0.3) is 0 Å². The molecule has 0 aliphatic heterocycles. The van der Waals surface area contributed by atoms with Crippen LogP contribution in [0.15, 0.2) is 42.5 Å². The Morgan fingerprint density at radius 3 is 1.79 bits per heavy atom. The molecule has 0 spiro atoms. The van der Waals surface area contributed by atoms with Crippen LogP contribution < -0.4 is 4.74 Å². The van der Waals surface area contributed by atoms with Gasteiger partial charge in [0, 0.05) is 11.1 Å². The van der Waals surface area contributed by atoms with Gasteiger partial charge in [-0.05, 0) is 92.6 Å². The van der Waals surface area contributed by atoms with Gasteiger partial charge >= 0.3 is 0 Å². The van der Waals surface area contributed by atoms with Gasteiger partial charge in [0.05, 0.1) is 6.61 Å². The molecule has 1 heteroatoms. The van der Waals surface area contributed by atoms with E-state index in [4.69, 9.17) is 4.74 Å². The number of rotatable bonds is 10. The minimum Gasteiger partial charge on any atom is -0.493 e. The molecule has 2 aromatic carbocycles. The van der Waals surface area contributed by atoms with E-state index >= 15 is 0 Å². The monoisotopic (exact) mass is 460 g/mol. The maximum atomic E-state index is 6.69. The predicted molar refractivity (Wildman–Crippen MR) is 147 cm³/mol. The van der Waals surface area contributed by atoms with Crippen LogP contribution in [0, 0.1) is 11.8 Å². The summed E-state index contributed by atoms with van der Waals surface area (Å²) in [6, 6.07) is 15.9. The summed E-state index contributed by atoms with van der Waals surface area (Å²) in [5.41, 5.74) is 5.85. The van der Waals surface area contributed by atoms with E-state index in [0.29, 0.717) is 11.8 Å². The highest BCUT2D eigenvalue weighted by Crippen LogP contribution is 2.50. The molecule has 2 aliphatic rings. The van der Waals surface area contributed by atoms with E-state index in [1.165, 1.54) is 93.9 Å². The fraction of sp³-hybridized carbons (Fsp3) is 0.636. The Labute approximate surface area is 209 Å². The third kappa shape index (κ3) is 6.07. The molecule has 34 heavy (non-hydrogen) atoms. The van der Waals surface area contributed by atoms with Crippen molar-refractivity contribution in [3.05, 3.63) is 53.6 Å². The summed E-state index contributed by atoms with van der Waals surface area (Å²) >= 11 is 0. The van der Waals surface area contributed by atoms with E-state index in [2.05, 4.69) is 63.2 Å². The van der Waals surface area contributed by atoms with Gasteiger partial charge in [0.1, 0.15) is 5.75 Å². The predicted octanol–water partition coefficient (Wildman–Crippen LogP) is 10.3. The summed E-state index contributed by atoms with van der Waals surface area (Å²) in [5, 5.41) is 0. The molecule has 4 rings (SSSR count). The second-order valence-corrected chi connectivity index (χ2v) is 11.2. The second-order valence-electron chi connectivity index (χ2n) is 11.2. The van der Waals surface area contributed by atoms with Crippen molar-refractivity contribution in [3.63, 3.8) is 0 Å². The Kier molecular flexibility index (Phi) is 9.54. The Hall–Kier alpha value is -1.76. The van der Waals surface area contributed by atoms with Crippen molar-refractivity contribution < 1.29 is 4.74 Å². The fourth-order valence-corrected chi connectivity index (χ4v) is 6.91. The van der Waals surface area contributed by atoms with Gasteiger partial charge in [0.15, 0.2) is 0 Å². The van der Waals surface area contributed by atoms with E-state index in [1.54, 1.807) is 11.1 Å². The fourth-order valence-electron chi connectivity index (χ4n) is 6.91. The summed E-state index contributed by atoms with van der Waals surface area (Å²) in [6.07, 6.45) is 17.5.